The molecule has 2 N–H and O–H groups in total. The maximum atomic E-state index is 6.67. The van der Waals surface area contributed by atoms with E-state index in [-0.39, 0.29) is 5.41 Å². The molecule has 3 heterocycles. The highest BCUT2D eigenvalue weighted by molar-refractivity contribution is 5.96. The van der Waals surface area contributed by atoms with E-state index in [0.29, 0.717) is 19.0 Å². The maximum absolute atomic E-state index is 6.67. The lowest BCUT2D eigenvalue weighted by atomic mass is 9.89. The second-order valence-corrected chi connectivity index (χ2v) is 14.6. The van der Waals surface area contributed by atoms with Crippen molar-refractivity contribution in [1.82, 2.24) is 14.8 Å². The zero-order valence-electron chi connectivity index (χ0n) is 29.5. The highest BCUT2D eigenvalue weighted by atomic mass is 16.7. The van der Waals surface area contributed by atoms with Crippen LogP contribution in [0.25, 0.3) is 10.9 Å². The van der Waals surface area contributed by atoms with Gasteiger partial charge < -0.3 is 25.0 Å². The number of pyridine rings is 1. The number of nitrogen functional groups attached to an aromatic ring is 1. The topological polar surface area (TPSA) is 67.1 Å². The lowest BCUT2D eigenvalue weighted by Gasteiger charge is -2.45. The van der Waals surface area contributed by atoms with Crippen molar-refractivity contribution in [3.05, 3.63) is 51.9 Å². The van der Waals surface area contributed by atoms with Crippen LogP contribution in [0.3, 0.4) is 0 Å². The minimum Gasteiger partial charge on any atom is -0.383 e. The number of anilines is 2. The molecule has 0 spiro atoms. The zero-order valence-corrected chi connectivity index (χ0v) is 29.5. The number of aromatic nitrogens is 1. The molecule has 2 aliphatic heterocycles. The summed E-state index contributed by atoms with van der Waals surface area (Å²) in [6, 6.07) is 6.88. The smallest absolute Gasteiger partial charge is 0.162 e. The molecule has 1 saturated carbocycles. The number of piperazine rings is 1. The SMILES string of the molecule is CC/C(C)=C(\CC)N(CC1(C)COC(C)(C)OC1)c1c(C)c(N)nc2cc(CCCN3CCN(C(C)=C4CCC4)CC3)ccc12. The van der Waals surface area contributed by atoms with E-state index >= 15 is 0 Å². The normalized spacial score (nSPS) is 20.6. The molecule has 1 aromatic carbocycles. The van der Waals surface area contributed by atoms with Gasteiger partial charge in [0.25, 0.3) is 0 Å². The van der Waals surface area contributed by atoms with Crippen LogP contribution in [0.2, 0.25) is 0 Å². The van der Waals surface area contributed by atoms with Crippen molar-refractivity contribution in [2.24, 2.45) is 5.41 Å². The molecule has 0 radical (unpaired) electrons. The lowest BCUT2D eigenvalue weighted by Crippen LogP contribution is -2.50. The van der Waals surface area contributed by atoms with Crippen molar-refractivity contribution >= 4 is 22.4 Å². The summed E-state index contributed by atoms with van der Waals surface area (Å²) in [5, 5.41) is 1.16. The standard InChI is InChI=1S/C38H59N5O2/c1-9-27(3)34(10-2)43(24-38(8)25-44-37(6,7)45-26-38)35-28(4)36(39)40-33-23-30(16-17-32(33)35)13-12-18-41-19-21-42(22-20-41)29(5)31-14-11-15-31/h16-17,23H,9-15,18-22,24-26H2,1-8H3,(H2,39,40)/b34-27+. The van der Waals surface area contributed by atoms with E-state index in [1.165, 1.54) is 41.8 Å². The van der Waals surface area contributed by atoms with Gasteiger partial charge in [0, 0.05) is 60.5 Å². The largest absolute Gasteiger partial charge is 0.383 e. The molecule has 2 saturated heterocycles. The van der Waals surface area contributed by atoms with Crippen LogP contribution in [0, 0.1) is 12.3 Å². The summed E-state index contributed by atoms with van der Waals surface area (Å²) in [6.07, 6.45) is 8.15. The monoisotopic (exact) mass is 617 g/mol. The fourth-order valence-corrected chi connectivity index (χ4v) is 7.15. The first-order valence-corrected chi connectivity index (χ1v) is 17.5. The first kappa shape index (κ1) is 33.7. The molecule has 2 aromatic rings. The first-order chi connectivity index (χ1) is 21.4. The van der Waals surface area contributed by atoms with E-state index in [4.69, 9.17) is 20.2 Å². The van der Waals surface area contributed by atoms with Crippen LogP contribution >= 0.6 is 0 Å². The van der Waals surface area contributed by atoms with Crippen molar-refractivity contribution in [2.45, 2.75) is 106 Å². The van der Waals surface area contributed by atoms with Gasteiger partial charge in [0.1, 0.15) is 5.82 Å². The molecule has 0 amide bonds. The molecule has 5 rings (SSSR count). The number of benzene rings is 1. The molecule has 1 aliphatic carbocycles. The molecule has 3 fully saturated rings. The fourth-order valence-electron chi connectivity index (χ4n) is 7.15. The molecule has 0 atom stereocenters. The Morgan fingerprint density at radius 1 is 1.00 bits per heavy atom. The van der Waals surface area contributed by atoms with Gasteiger partial charge in [-0.3, -0.25) is 4.90 Å². The third-order valence-electron chi connectivity index (χ3n) is 10.6. The fraction of sp³-hybridized carbons (Fsp3) is 0.658. The van der Waals surface area contributed by atoms with E-state index in [0.717, 1.165) is 81.4 Å². The molecular weight excluding hydrogens is 558 g/mol. The van der Waals surface area contributed by atoms with Crippen molar-refractivity contribution in [2.75, 3.05) is 63.1 Å². The predicted octanol–water partition coefficient (Wildman–Crippen LogP) is 7.82. The Morgan fingerprint density at radius 3 is 2.29 bits per heavy atom. The molecule has 0 bridgehead atoms. The van der Waals surface area contributed by atoms with Crippen molar-refractivity contribution in [3.8, 4) is 0 Å². The summed E-state index contributed by atoms with van der Waals surface area (Å²) >= 11 is 0. The summed E-state index contributed by atoms with van der Waals surface area (Å²) in [5.74, 6) is 0.0603. The Kier molecular flexibility index (Phi) is 10.5. The number of nitrogens with two attached hydrogens (primary N) is 1. The van der Waals surface area contributed by atoms with E-state index in [2.05, 4.69) is 74.4 Å². The van der Waals surface area contributed by atoms with Crippen LogP contribution in [0.15, 0.2) is 40.7 Å². The van der Waals surface area contributed by atoms with Gasteiger partial charge in [0.15, 0.2) is 5.79 Å². The number of nitrogens with zero attached hydrogens (tertiary/aromatic N) is 4. The van der Waals surface area contributed by atoms with Gasteiger partial charge in [0.2, 0.25) is 0 Å². The third-order valence-corrected chi connectivity index (χ3v) is 10.6. The molecule has 3 aliphatic rings. The summed E-state index contributed by atoms with van der Waals surface area (Å²) in [4.78, 5) is 12.7. The molecule has 7 nitrogen and oxygen atoms in total. The second kappa shape index (κ2) is 14.0. The minimum atomic E-state index is -0.548. The number of hydrogen-bond acceptors (Lipinski definition) is 7. The number of fused-ring (bicyclic) bond motifs is 1. The van der Waals surface area contributed by atoms with Crippen LogP contribution in [0.1, 0.15) is 98.1 Å². The average Bonchev–Trinajstić information content (AvgIpc) is 2.99. The first-order valence-electron chi connectivity index (χ1n) is 17.5. The van der Waals surface area contributed by atoms with E-state index in [1.54, 1.807) is 11.3 Å². The van der Waals surface area contributed by atoms with Gasteiger partial charge in [0.05, 0.1) is 24.4 Å². The Bertz CT molecular complexity index is 1400. The summed E-state index contributed by atoms with van der Waals surface area (Å²) in [5.41, 5.74) is 17.0. The van der Waals surface area contributed by atoms with Gasteiger partial charge in [-0.05, 0) is 97.7 Å². The van der Waals surface area contributed by atoms with E-state index < -0.39 is 5.79 Å². The lowest BCUT2D eigenvalue weighted by molar-refractivity contribution is -0.280. The highest BCUT2D eigenvalue weighted by Crippen LogP contribution is 2.40. The maximum Gasteiger partial charge on any atom is 0.162 e. The van der Waals surface area contributed by atoms with Gasteiger partial charge in [-0.15, -0.1) is 0 Å². The molecule has 248 valence electrons. The van der Waals surface area contributed by atoms with E-state index in [1.807, 2.05) is 13.8 Å². The van der Waals surface area contributed by atoms with Gasteiger partial charge >= 0.3 is 0 Å². The average molecular weight is 618 g/mol. The van der Waals surface area contributed by atoms with Gasteiger partial charge in [-0.2, -0.15) is 0 Å². The molecule has 1 aromatic heterocycles. The number of rotatable bonds is 11. The Hall–Kier alpha value is -2.61. The number of ether oxygens (including phenoxy) is 2. The quantitative estimate of drug-likeness (QED) is 0.276. The minimum absolute atomic E-state index is 0.168. The Balaban J connectivity index is 1.34. The van der Waals surface area contributed by atoms with Gasteiger partial charge in [-0.1, -0.05) is 44.1 Å². The van der Waals surface area contributed by atoms with Crippen LogP contribution in [0.4, 0.5) is 11.5 Å². The van der Waals surface area contributed by atoms with Crippen LogP contribution < -0.4 is 10.6 Å². The molecule has 0 unspecified atom stereocenters. The summed E-state index contributed by atoms with van der Waals surface area (Å²) in [7, 11) is 0. The summed E-state index contributed by atoms with van der Waals surface area (Å²) in [6.45, 7) is 25.4. The Morgan fingerprint density at radius 2 is 1.69 bits per heavy atom. The zero-order chi connectivity index (χ0) is 32.4. The van der Waals surface area contributed by atoms with Crippen molar-refractivity contribution in [1.29, 1.82) is 0 Å². The predicted molar refractivity (Wildman–Crippen MR) is 188 cm³/mol. The van der Waals surface area contributed by atoms with E-state index in [9.17, 15) is 0 Å². The van der Waals surface area contributed by atoms with Crippen LogP contribution in [0.5, 0.6) is 0 Å². The van der Waals surface area contributed by atoms with Crippen molar-refractivity contribution in [3.63, 3.8) is 0 Å². The van der Waals surface area contributed by atoms with Crippen LogP contribution in [-0.4, -0.2) is 73.1 Å². The molecular formula is C38H59N5O2. The van der Waals surface area contributed by atoms with Crippen LogP contribution in [-0.2, 0) is 15.9 Å². The highest BCUT2D eigenvalue weighted by Gasteiger charge is 2.39. The third kappa shape index (κ3) is 7.69. The van der Waals surface area contributed by atoms with Crippen molar-refractivity contribution < 1.29 is 9.47 Å². The Labute approximate surface area is 272 Å². The number of allylic oxidation sites excluding steroid dienone is 4. The number of aryl methyl sites for hydroxylation is 1. The number of hydrogen-bond donors (Lipinski definition) is 1. The second-order valence-electron chi connectivity index (χ2n) is 14.6. The van der Waals surface area contributed by atoms with Gasteiger partial charge in [-0.25, -0.2) is 4.98 Å². The molecule has 45 heavy (non-hydrogen) atoms. The molecule has 7 heteroatoms. The summed E-state index contributed by atoms with van der Waals surface area (Å²) < 4.78 is 12.4.